The number of likely N-dealkylation sites (N-methyl/N-ethyl adjacent to an activating group) is 1. The van der Waals surface area contributed by atoms with Crippen LogP contribution in [0.3, 0.4) is 0 Å². The van der Waals surface area contributed by atoms with Crippen LogP contribution in [0.2, 0.25) is 0 Å². The summed E-state index contributed by atoms with van der Waals surface area (Å²) >= 11 is 0. The molecule has 0 radical (unpaired) electrons. The first-order valence-corrected chi connectivity index (χ1v) is 8.26. The van der Waals surface area contributed by atoms with Crippen molar-refractivity contribution in [2.45, 2.75) is 32.2 Å². The third-order valence-electron chi connectivity index (χ3n) is 4.34. The van der Waals surface area contributed by atoms with E-state index in [1.165, 1.54) is 4.90 Å². The molecule has 2 heterocycles. The Bertz CT molecular complexity index is 752. The molecule has 6 heteroatoms. The largest absolute Gasteiger partial charge is 0.368 e. The van der Waals surface area contributed by atoms with Crippen molar-refractivity contribution in [2.24, 2.45) is 5.73 Å². The van der Waals surface area contributed by atoms with Crippen molar-refractivity contribution in [2.75, 3.05) is 13.6 Å². The Kier molecular flexibility index (Phi) is 4.64. The molecule has 2 N–H and O–H groups in total. The minimum atomic E-state index is -0.528. The predicted molar refractivity (Wildman–Crippen MR) is 91.4 cm³/mol. The quantitative estimate of drug-likeness (QED) is 0.930. The van der Waals surface area contributed by atoms with Crippen molar-refractivity contribution in [3.63, 3.8) is 0 Å². The fourth-order valence-corrected chi connectivity index (χ4v) is 3.19. The number of carbonyl (C=O) groups is 2. The van der Waals surface area contributed by atoms with Crippen LogP contribution in [-0.4, -0.2) is 39.9 Å². The maximum atomic E-state index is 12.8. The zero-order valence-electron chi connectivity index (χ0n) is 13.9. The molecule has 2 amide bonds. The molecule has 1 aliphatic rings. The Morgan fingerprint density at radius 3 is 2.67 bits per heavy atom. The molecular formula is C18H22N4O2. The summed E-state index contributed by atoms with van der Waals surface area (Å²) in [6, 6.07) is 9.90. The van der Waals surface area contributed by atoms with E-state index in [1.54, 1.807) is 7.05 Å². The van der Waals surface area contributed by atoms with Gasteiger partial charge in [0.15, 0.2) is 0 Å². The number of benzene rings is 1. The summed E-state index contributed by atoms with van der Waals surface area (Å²) in [6.45, 7) is 0.755. The van der Waals surface area contributed by atoms with E-state index < -0.39 is 5.91 Å². The smallest absolute Gasteiger partial charge is 0.274 e. The summed E-state index contributed by atoms with van der Waals surface area (Å²) in [7, 11) is 1.58. The first-order chi connectivity index (χ1) is 11.6. The lowest BCUT2D eigenvalue weighted by atomic mass is 10.1. The first kappa shape index (κ1) is 16.2. The van der Waals surface area contributed by atoms with Gasteiger partial charge in [0.05, 0.1) is 12.2 Å². The Morgan fingerprint density at radius 1 is 1.21 bits per heavy atom. The van der Waals surface area contributed by atoms with Crippen LogP contribution in [0.15, 0.2) is 30.3 Å². The topological polar surface area (TPSA) is 81.2 Å². The van der Waals surface area contributed by atoms with Gasteiger partial charge in [0, 0.05) is 19.2 Å². The molecule has 1 aromatic heterocycles. The van der Waals surface area contributed by atoms with Crippen LogP contribution in [0, 0.1) is 0 Å². The third-order valence-corrected chi connectivity index (χ3v) is 4.34. The normalized spacial score (nSPS) is 13.9. The lowest BCUT2D eigenvalue weighted by molar-refractivity contribution is -0.118. The molecule has 0 unspecified atom stereocenters. The van der Waals surface area contributed by atoms with Crippen LogP contribution < -0.4 is 5.73 Å². The van der Waals surface area contributed by atoms with E-state index >= 15 is 0 Å². The summed E-state index contributed by atoms with van der Waals surface area (Å²) in [5.41, 5.74) is 7.62. The molecule has 24 heavy (non-hydrogen) atoms. The number of imidazole rings is 1. The highest BCUT2D eigenvalue weighted by atomic mass is 16.2. The number of nitrogens with zero attached hydrogens (tertiary/aromatic N) is 3. The van der Waals surface area contributed by atoms with Crippen molar-refractivity contribution in [1.82, 2.24) is 14.5 Å². The second-order valence-electron chi connectivity index (χ2n) is 6.19. The monoisotopic (exact) mass is 326 g/mol. The molecule has 0 spiro atoms. The minimum absolute atomic E-state index is 0.105. The Balaban J connectivity index is 2.05. The third kappa shape index (κ3) is 3.18. The van der Waals surface area contributed by atoms with E-state index in [-0.39, 0.29) is 12.5 Å². The van der Waals surface area contributed by atoms with E-state index in [1.807, 2.05) is 30.3 Å². The second kappa shape index (κ2) is 6.86. The van der Waals surface area contributed by atoms with Gasteiger partial charge in [-0.05, 0) is 19.3 Å². The van der Waals surface area contributed by atoms with Crippen LogP contribution in [0.4, 0.5) is 0 Å². The SMILES string of the molecule is CN(CC(N)=O)C(=O)c1nc(-c2ccccc2)n2c1CCCCC2. The van der Waals surface area contributed by atoms with Crippen molar-refractivity contribution in [1.29, 1.82) is 0 Å². The molecule has 126 valence electrons. The van der Waals surface area contributed by atoms with Crippen LogP contribution in [0.5, 0.6) is 0 Å². The molecule has 0 bridgehead atoms. The van der Waals surface area contributed by atoms with E-state index in [0.29, 0.717) is 5.69 Å². The number of hydrogen-bond donors (Lipinski definition) is 1. The summed E-state index contributed by atoms with van der Waals surface area (Å²) in [5, 5.41) is 0. The molecule has 6 nitrogen and oxygen atoms in total. The molecule has 2 aromatic rings. The maximum absolute atomic E-state index is 12.8. The van der Waals surface area contributed by atoms with Gasteiger partial charge in [-0.3, -0.25) is 9.59 Å². The number of carbonyl (C=O) groups excluding carboxylic acids is 2. The molecule has 0 saturated carbocycles. The van der Waals surface area contributed by atoms with Gasteiger partial charge in [-0.25, -0.2) is 4.98 Å². The van der Waals surface area contributed by atoms with Gasteiger partial charge in [-0.2, -0.15) is 0 Å². The molecule has 0 fully saturated rings. The van der Waals surface area contributed by atoms with E-state index in [9.17, 15) is 9.59 Å². The summed E-state index contributed by atoms with van der Waals surface area (Å²) < 4.78 is 2.16. The number of primary amides is 1. The summed E-state index contributed by atoms with van der Waals surface area (Å²) in [5.74, 6) is 0.0457. The lowest BCUT2D eigenvalue weighted by Gasteiger charge is -2.14. The fourth-order valence-electron chi connectivity index (χ4n) is 3.19. The first-order valence-electron chi connectivity index (χ1n) is 8.26. The van der Waals surface area contributed by atoms with Gasteiger partial charge in [0.2, 0.25) is 5.91 Å². The molecule has 0 saturated heterocycles. The van der Waals surface area contributed by atoms with Crippen molar-refractivity contribution in [3.05, 3.63) is 41.7 Å². The van der Waals surface area contributed by atoms with Crippen LogP contribution in [-0.2, 0) is 17.8 Å². The Labute approximate surface area is 141 Å². The highest BCUT2D eigenvalue weighted by Gasteiger charge is 2.26. The number of nitrogens with two attached hydrogens (primary N) is 1. The summed E-state index contributed by atoms with van der Waals surface area (Å²) in [4.78, 5) is 29.9. The van der Waals surface area contributed by atoms with Crippen molar-refractivity contribution < 1.29 is 9.59 Å². The number of amides is 2. The van der Waals surface area contributed by atoms with Crippen LogP contribution in [0.25, 0.3) is 11.4 Å². The molecule has 1 aromatic carbocycles. The highest BCUT2D eigenvalue weighted by molar-refractivity contribution is 5.96. The number of fused-ring (bicyclic) bond motifs is 1. The highest BCUT2D eigenvalue weighted by Crippen LogP contribution is 2.27. The van der Waals surface area contributed by atoms with Crippen LogP contribution in [0.1, 0.15) is 35.4 Å². The number of hydrogen-bond acceptors (Lipinski definition) is 3. The zero-order valence-corrected chi connectivity index (χ0v) is 13.9. The molecular weight excluding hydrogens is 304 g/mol. The molecule has 3 rings (SSSR count). The number of rotatable bonds is 4. The van der Waals surface area contributed by atoms with Gasteiger partial charge < -0.3 is 15.2 Å². The molecule has 0 aliphatic carbocycles. The minimum Gasteiger partial charge on any atom is -0.368 e. The second-order valence-corrected chi connectivity index (χ2v) is 6.19. The predicted octanol–water partition coefficient (Wildman–Crippen LogP) is 1.83. The maximum Gasteiger partial charge on any atom is 0.274 e. The van der Waals surface area contributed by atoms with Gasteiger partial charge in [-0.15, -0.1) is 0 Å². The molecule has 0 atom stereocenters. The van der Waals surface area contributed by atoms with Crippen LogP contribution >= 0.6 is 0 Å². The Morgan fingerprint density at radius 2 is 1.96 bits per heavy atom. The summed E-state index contributed by atoms with van der Waals surface area (Å²) in [6.07, 6.45) is 4.08. The average molecular weight is 326 g/mol. The van der Waals surface area contributed by atoms with Gasteiger partial charge >= 0.3 is 0 Å². The average Bonchev–Trinajstić information content (AvgIpc) is 2.76. The van der Waals surface area contributed by atoms with E-state index in [0.717, 1.165) is 49.3 Å². The Hall–Kier alpha value is -2.63. The van der Waals surface area contributed by atoms with E-state index in [2.05, 4.69) is 9.55 Å². The van der Waals surface area contributed by atoms with Gasteiger partial charge in [0.25, 0.3) is 5.91 Å². The van der Waals surface area contributed by atoms with Crippen molar-refractivity contribution in [3.8, 4) is 11.4 Å². The lowest BCUT2D eigenvalue weighted by Crippen LogP contribution is -2.36. The zero-order chi connectivity index (χ0) is 17.1. The van der Waals surface area contributed by atoms with Gasteiger partial charge in [-0.1, -0.05) is 36.8 Å². The van der Waals surface area contributed by atoms with E-state index in [4.69, 9.17) is 5.73 Å². The standard InChI is InChI=1S/C18H22N4O2/c1-21(12-15(19)23)18(24)16-14-10-6-3-7-11-22(14)17(20-16)13-8-4-2-5-9-13/h2,4-5,8-9H,3,6-7,10-12H2,1H3,(H2,19,23). The fraction of sp³-hybridized carbons (Fsp3) is 0.389. The van der Waals surface area contributed by atoms with Gasteiger partial charge in [0.1, 0.15) is 11.5 Å². The van der Waals surface area contributed by atoms with Crippen molar-refractivity contribution >= 4 is 11.8 Å². The molecule has 1 aliphatic heterocycles. The number of aromatic nitrogens is 2.